The molecule has 1 aliphatic heterocycles. The molecule has 1 aromatic carbocycles. The van der Waals surface area contributed by atoms with E-state index < -0.39 is 5.54 Å². The second-order valence-electron chi connectivity index (χ2n) is 5.73. The summed E-state index contributed by atoms with van der Waals surface area (Å²) in [5.74, 6) is 0.0493. The number of benzene rings is 1. The topological polar surface area (TPSA) is 46.3 Å². The van der Waals surface area contributed by atoms with E-state index in [0.29, 0.717) is 0 Å². The fourth-order valence-electron chi connectivity index (χ4n) is 2.66. The molecule has 1 saturated heterocycles. The zero-order chi connectivity index (χ0) is 13.3. The van der Waals surface area contributed by atoms with Gasteiger partial charge >= 0.3 is 0 Å². The molecule has 1 atom stereocenters. The number of likely N-dealkylation sites (tertiary alicyclic amines) is 1. The molecule has 0 aromatic heterocycles. The highest BCUT2D eigenvalue weighted by Gasteiger charge is 2.36. The average molecular weight is 246 g/mol. The molecule has 1 aliphatic rings. The van der Waals surface area contributed by atoms with Crippen molar-refractivity contribution >= 4 is 5.91 Å². The number of hydrogen-bond acceptors (Lipinski definition) is 2. The maximum absolute atomic E-state index is 12.4. The third kappa shape index (κ3) is 2.41. The summed E-state index contributed by atoms with van der Waals surface area (Å²) in [5.41, 5.74) is 7.66. The SMILES string of the molecule is Cc1ccccc1C1CCCN1C(=O)C(C)(C)N. The van der Waals surface area contributed by atoms with Crippen LogP contribution in [0.1, 0.15) is 43.9 Å². The predicted octanol–water partition coefficient (Wildman–Crippen LogP) is 2.40. The van der Waals surface area contributed by atoms with Gasteiger partial charge in [-0.05, 0) is 44.7 Å². The van der Waals surface area contributed by atoms with Crippen LogP contribution < -0.4 is 5.73 Å². The molecule has 0 bridgehead atoms. The van der Waals surface area contributed by atoms with E-state index in [0.717, 1.165) is 19.4 Å². The van der Waals surface area contributed by atoms with Crippen LogP contribution >= 0.6 is 0 Å². The van der Waals surface area contributed by atoms with Gasteiger partial charge in [-0.15, -0.1) is 0 Å². The van der Waals surface area contributed by atoms with Crippen molar-refractivity contribution in [2.45, 2.75) is 45.2 Å². The number of aryl methyl sites for hydroxylation is 1. The standard InChI is InChI=1S/C15H22N2O/c1-11-7-4-5-8-12(11)13-9-6-10-17(13)14(18)15(2,3)16/h4-5,7-8,13H,6,9-10,16H2,1-3H3. The number of nitrogens with zero attached hydrogens (tertiary/aromatic N) is 1. The monoisotopic (exact) mass is 246 g/mol. The average Bonchev–Trinajstić information content (AvgIpc) is 2.76. The summed E-state index contributed by atoms with van der Waals surface area (Å²) in [7, 11) is 0. The molecule has 2 N–H and O–H groups in total. The van der Waals surface area contributed by atoms with Crippen LogP contribution in [0.3, 0.4) is 0 Å². The maximum atomic E-state index is 12.4. The molecule has 0 saturated carbocycles. The fourth-order valence-corrected chi connectivity index (χ4v) is 2.66. The third-order valence-corrected chi connectivity index (χ3v) is 3.61. The Balaban J connectivity index is 2.29. The first-order valence-electron chi connectivity index (χ1n) is 6.57. The van der Waals surface area contributed by atoms with Gasteiger partial charge in [0.25, 0.3) is 0 Å². The van der Waals surface area contributed by atoms with Crippen molar-refractivity contribution in [1.82, 2.24) is 4.90 Å². The highest BCUT2D eigenvalue weighted by atomic mass is 16.2. The van der Waals surface area contributed by atoms with E-state index in [1.165, 1.54) is 11.1 Å². The van der Waals surface area contributed by atoms with E-state index in [-0.39, 0.29) is 11.9 Å². The summed E-state index contributed by atoms with van der Waals surface area (Å²) in [6, 6.07) is 8.49. The summed E-state index contributed by atoms with van der Waals surface area (Å²) in [6.45, 7) is 6.48. The fraction of sp³-hybridized carbons (Fsp3) is 0.533. The van der Waals surface area contributed by atoms with E-state index in [4.69, 9.17) is 5.73 Å². The normalized spacial score (nSPS) is 20.2. The van der Waals surface area contributed by atoms with Gasteiger partial charge in [-0.25, -0.2) is 0 Å². The van der Waals surface area contributed by atoms with Crippen molar-refractivity contribution < 1.29 is 4.79 Å². The van der Waals surface area contributed by atoms with Crippen LogP contribution in [0.5, 0.6) is 0 Å². The molecule has 1 fully saturated rings. The maximum Gasteiger partial charge on any atom is 0.242 e. The minimum atomic E-state index is -0.786. The Morgan fingerprint density at radius 2 is 2.06 bits per heavy atom. The Bertz CT molecular complexity index is 448. The second kappa shape index (κ2) is 4.73. The highest BCUT2D eigenvalue weighted by Crippen LogP contribution is 2.34. The molecule has 1 aromatic rings. The van der Waals surface area contributed by atoms with Crippen LogP contribution in [-0.4, -0.2) is 22.9 Å². The van der Waals surface area contributed by atoms with Gasteiger partial charge in [0.15, 0.2) is 0 Å². The van der Waals surface area contributed by atoms with Gasteiger partial charge in [0.1, 0.15) is 0 Å². The van der Waals surface area contributed by atoms with E-state index in [1.54, 1.807) is 13.8 Å². The summed E-state index contributed by atoms with van der Waals surface area (Å²) in [6.07, 6.45) is 2.09. The number of amides is 1. The Morgan fingerprint density at radius 3 is 2.67 bits per heavy atom. The highest BCUT2D eigenvalue weighted by molar-refractivity contribution is 5.85. The lowest BCUT2D eigenvalue weighted by molar-refractivity contribution is -0.136. The molecule has 18 heavy (non-hydrogen) atoms. The predicted molar refractivity (Wildman–Crippen MR) is 73.1 cm³/mol. The second-order valence-corrected chi connectivity index (χ2v) is 5.73. The Morgan fingerprint density at radius 1 is 1.39 bits per heavy atom. The van der Waals surface area contributed by atoms with Crippen LogP contribution in [0, 0.1) is 6.92 Å². The number of hydrogen-bond donors (Lipinski definition) is 1. The smallest absolute Gasteiger partial charge is 0.242 e. The molecule has 0 spiro atoms. The minimum Gasteiger partial charge on any atom is -0.334 e. The van der Waals surface area contributed by atoms with Gasteiger partial charge in [-0.1, -0.05) is 24.3 Å². The van der Waals surface area contributed by atoms with Gasteiger partial charge in [-0.3, -0.25) is 4.79 Å². The minimum absolute atomic E-state index is 0.0493. The quantitative estimate of drug-likeness (QED) is 0.871. The molecule has 2 rings (SSSR count). The first-order chi connectivity index (χ1) is 8.41. The number of carbonyl (C=O) groups excluding carboxylic acids is 1. The van der Waals surface area contributed by atoms with Crippen molar-refractivity contribution in [3.05, 3.63) is 35.4 Å². The molecule has 0 aliphatic carbocycles. The molecule has 0 radical (unpaired) electrons. The number of carbonyl (C=O) groups is 1. The first-order valence-corrected chi connectivity index (χ1v) is 6.57. The van der Waals surface area contributed by atoms with Gasteiger partial charge in [0.05, 0.1) is 11.6 Å². The Kier molecular flexibility index (Phi) is 3.44. The molecule has 1 unspecified atom stereocenters. The summed E-state index contributed by atoms with van der Waals surface area (Å²) in [5, 5.41) is 0. The lowest BCUT2D eigenvalue weighted by Crippen LogP contribution is -2.50. The Hall–Kier alpha value is -1.35. The van der Waals surface area contributed by atoms with Crippen LogP contribution in [-0.2, 0) is 4.79 Å². The van der Waals surface area contributed by atoms with Crippen LogP contribution in [0.15, 0.2) is 24.3 Å². The molecule has 98 valence electrons. The van der Waals surface area contributed by atoms with Crippen LogP contribution in [0.4, 0.5) is 0 Å². The molecule has 3 nitrogen and oxygen atoms in total. The van der Waals surface area contributed by atoms with Crippen molar-refractivity contribution in [3.8, 4) is 0 Å². The first kappa shape index (κ1) is 13.1. The van der Waals surface area contributed by atoms with Crippen molar-refractivity contribution in [2.75, 3.05) is 6.54 Å². The van der Waals surface area contributed by atoms with Crippen LogP contribution in [0.2, 0.25) is 0 Å². The van der Waals surface area contributed by atoms with E-state index in [2.05, 4.69) is 19.1 Å². The molecular formula is C15H22N2O. The molecule has 1 amide bonds. The third-order valence-electron chi connectivity index (χ3n) is 3.61. The Labute approximate surface area is 109 Å². The van der Waals surface area contributed by atoms with Crippen molar-refractivity contribution in [2.24, 2.45) is 5.73 Å². The lowest BCUT2D eigenvalue weighted by Gasteiger charge is -2.31. The summed E-state index contributed by atoms with van der Waals surface area (Å²) >= 11 is 0. The zero-order valence-electron chi connectivity index (χ0n) is 11.4. The summed E-state index contributed by atoms with van der Waals surface area (Å²) in [4.78, 5) is 14.3. The largest absolute Gasteiger partial charge is 0.334 e. The van der Waals surface area contributed by atoms with Gasteiger partial charge < -0.3 is 10.6 Å². The lowest BCUT2D eigenvalue weighted by atomic mass is 9.97. The van der Waals surface area contributed by atoms with Crippen LogP contribution in [0.25, 0.3) is 0 Å². The zero-order valence-corrected chi connectivity index (χ0v) is 11.4. The summed E-state index contributed by atoms with van der Waals surface area (Å²) < 4.78 is 0. The number of nitrogens with two attached hydrogens (primary N) is 1. The number of rotatable bonds is 2. The van der Waals surface area contributed by atoms with E-state index in [9.17, 15) is 4.79 Å². The van der Waals surface area contributed by atoms with E-state index >= 15 is 0 Å². The van der Waals surface area contributed by atoms with Gasteiger partial charge in [-0.2, -0.15) is 0 Å². The van der Waals surface area contributed by atoms with Crippen molar-refractivity contribution in [1.29, 1.82) is 0 Å². The van der Waals surface area contributed by atoms with Crippen molar-refractivity contribution in [3.63, 3.8) is 0 Å². The molecule has 1 heterocycles. The molecule has 3 heteroatoms. The van der Waals surface area contributed by atoms with E-state index in [1.807, 2.05) is 17.0 Å². The van der Waals surface area contributed by atoms with Gasteiger partial charge in [0, 0.05) is 6.54 Å². The molecular weight excluding hydrogens is 224 g/mol. The van der Waals surface area contributed by atoms with Gasteiger partial charge in [0.2, 0.25) is 5.91 Å².